The SMILES string of the molecule is Nc1cccc(N=Nc2ccc(O)c(C(=O)O)c2)c1.Nc1cccc(N=Nc2ccc([O-])c(C(=O)[O-])c2)c1.[Ca+2]. The van der Waals surface area contributed by atoms with Gasteiger partial charge in [-0.3, -0.25) is 0 Å². The first kappa shape index (κ1) is 30.7. The average molecular weight is 553 g/mol. The van der Waals surface area contributed by atoms with Gasteiger partial charge < -0.3 is 36.7 Å². The Morgan fingerprint density at radius 3 is 1.54 bits per heavy atom. The number of aromatic carboxylic acids is 2. The van der Waals surface area contributed by atoms with Crippen molar-refractivity contribution in [1.29, 1.82) is 0 Å². The number of rotatable bonds is 6. The molecule has 0 unspecified atom stereocenters. The summed E-state index contributed by atoms with van der Waals surface area (Å²) in [4.78, 5) is 21.5. The van der Waals surface area contributed by atoms with E-state index in [-0.39, 0.29) is 54.7 Å². The normalized spacial score (nSPS) is 10.5. The zero-order chi connectivity index (χ0) is 27.7. The van der Waals surface area contributed by atoms with Gasteiger partial charge in [-0.1, -0.05) is 23.9 Å². The minimum Gasteiger partial charge on any atom is -0.872 e. The van der Waals surface area contributed by atoms with E-state index in [4.69, 9.17) is 16.6 Å². The summed E-state index contributed by atoms with van der Waals surface area (Å²) in [5.41, 5.74) is 13.3. The number of carboxylic acid groups (broad SMARTS) is 2. The van der Waals surface area contributed by atoms with Crippen molar-refractivity contribution in [2.75, 3.05) is 11.5 Å². The number of nitrogen functional groups attached to an aromatic ring is 2. The van der Waals surface area contributed by atoms with Crippen molar-refractivity contribution in [3.8, 4) is 11.5 Å². The third-order valence-electron chi connectivity index (χ3n) is 4.70. The number of carbonyl (C=O) groups excluding carboxylic acids is 1. The molecule has 192 valence electrons. The number of nitrogens with two attached hydrogens (primary N) is 2. The van der Waals surface area contributed by atoms with Gasteiger partial charge in [-0.25, -0.2) is 4.79 Å². The Balaban J connectivity index is 0.000000267. The standard InChI is InChI=1S/2C13H11N3O3.Ca/c2*14-8-2-1-3-9(6-8)15-16-10-4-5-12(17)11(7-10)13(18)19;/h2*1-7,17H,14H2,(H,18,19);/q;;+2/p-2. The Kier molecular flexibility index (Phi) is 11.4. The second-order valence-corrected chi connectivity index (χ2v) is 7.56. The molecule has 4 aromatic carbocycles. The second kappa shape index (κ2) is 14.4. The number of aromatic hydroxyl groups is 1. The number of azo groups is 2. The Labute approximate surface area is 252 Å². The van der Waals surface area contributed by atoms with Gasteiger partial charge >= 0.3 is 43.7 Å². The Hall–Kier alpha value is -4.52. The molecule has 0 atom stereocenters. The van der Waals surface area contributed by atoms with Crippen molar-refractivity contribution < 1.29 is 30.0 Å². The molecule has 0 spiro atoms. The molecule has 0 heterocycles. The number of anilines is 2. The number of carboxylic acids is 2. The molecule has 0 saturated carbocycles. The van der Waals surface area contributed by atoms with Gasteiger partial charge in [-0.15, -0.1) is 0 Å². The molecule has 0 saturated heterocycles. The molecule has 0 aromatic heterocycles. The van der Waals surface area contributed by atoms with Gasteiger partial charge in [0.2, 0.25) is 0 Å². The van der Waals surface area contributed by atoms with Crippen molar-refractivity contribution in [1.82, 2.24) is 0 Å². The van der Waals surface area contributed by atoms with Gasteiger partial charge in [0.15, 0.2) is 0 Å². The quantitative estimate of drug-likeness (QED) is 0.156. The van der Waals surface area contributed by atoms with E-state index in [1.807, 2.05) is 0 Å². The van der Waals surface area contributed by atoms with Crippen molar-refractivity contribution in [3.05, 3.63) is 96.1 Å². The molecule has 13 heteroatoms. The first-order chi connectivity index (χ1) is 18.1. The summed E-state index contributed by atoms with van der Waals surface area (Å²) < 4.78 is 0. The van der Waals surface area contributed by atoms with E-state index in [1.54, 1.807) is 48.5 Å². The predicted octanol–water partition coefficient (Wildman–Crippen LogP) is 3.83. The van der Waals surface area contributed by atoms with Gasteiger partial charge in [0.25, 0.3) is 0 Å². The molecule has 4 aromatic rings. The summed E-state index contributed by atoms with van der Waals surface area (Å²) in [6.07, 6.45) is 0. The molecule has 0 aliphatic carbocycles. The first-order valence-electron chi connectivity index (χ1n) is 10.8. The average Bonchev–Trinajstić information content (AvgIpc) is 2.88. The minimum absolute atomic E-state index is 0. The van der Waals surface area contributed by atoms with Crippen LogP contribution in [-0.2, 0) is 0 Å². The van der Waals surface area contributed by atoms with E-state index in [1.165, 1.54) is 24.3 Å². The van der Waals surface area contributed by atoms with Crippen LogP contribution in [0.15, 0.2) is 105 Å². The van der Waals surface area contributed by atoms with Crippen LogP contribution in [0.1, 0.15) is 20.7 Å². The van der Waals surface area contributed by atoms with E-state index >= 15 is 0 Å². The van der Waals surface area contributed by atoms with Gasteiger partial charge in [-0.05, 0) is 72.3 Å². The maximum absolute atomic E-state index is 11.2. The van der Waals surface area contributed by atoms with E-state index in [0.29, 0.717) is 28.4 Å². The van der Waals surface area contributed by atoms with E-state index in [0.717, 1.165) is 12.1 Å². The van der Waals surface area contributed by atoms with Crippen LogP contribution in [0.5, 0.6) is 11.5 Å². The molecule has 0 aliphatic heterocycles. The fourth-order valence-corrected chi connectivity index (χ4v) is 2.90. The number of benzene rings is 4. The third-order valence-corrected chi connectivity index (χ3v) is 4.70. The maximum atomic E-state index is 11.2. The molecule has 0 radical (unpaired) electrons. The van der Waals surface area contributed by atoms with Crippen molar-refractivity contribution in [3.63, 3.8) is 0 Å². The summed E-state index contributed by atoms with van der Waals surface area (Å²) in [6.45, 7) is 0. The number of phenols is 1. The van der Waals surface area contributed by atoms with Crippen LogP contribution in [-0.4, -0.2) is 59.9 Å². The van der Waals surface area contributed by atoms with Crippen LogP contribution >= 0.6 is 0 Å². The molecule has 0 aliphatic rings. The largest absolute Gasteiger partial charge is 2.00 e. The smallest absolute Gasteiger partial charge is 0.872 e. The number of nitrogens with zero attached hydrogens (tertiary/aromatic N) is 4. The summed E-state index contributed by atoms with van der Waals surface area (Å²) in [5, 5.41) is 55.7. The predicted molar refractivity (Wildman–Crippen MR) is 141 cm³/mol. The zero-order valence-electron chi connectivity index (χ0n) is 20.3. The van der Waals surface area contributed by atoms with Crippen LogP contribution in [0.2, 0.25) is 0 Å². The molecule has 12 nitrogen and oxygen atoms in total. The van der Waals surface area contributed by atoms with Gasteiger partial charge in [0.1, 0.15) is 11.3 Å². The van der Waals surface area contributed by atoms with Crippen molar-refractivity contribution >= 4 is 83.8 Å². The molecule has 0 amide bonds. The maximum Gasteiger partial charge on any atom is 2.00 e. The Bertz CT molecular complexity index is 1430. The minimum atomic E-state index is -1.54. The van der Waals surface area contributed by atoms with Gasteiger partial charge in [0, 0.05) is 11.4 Å². The third kappa shape index (κ3) is 9.38. The molecule has 39 heavy (non-hydrogen) atoms. The molecule has 0 bridgehead atoms. The number of carbonyl (C=O) groups is 2. The molecule has 6 N–H and O–H groups in total. The zero-order valence-corrected chi connectivity index (χ0v) is 22.5. The Morgan fingerprint density at radius 1 is 0.667 bits per heavy atom. The van der Waals surface area contributed by atoms with E-state index < -0.39 is 23.3 Å². The molecule has 4 rings (SSSR count). The molecular formula is C26H20CaN6O6. The number of hydrogen-bond acceptors (Lipinski definition) is 11. The summed E-state index contributed by atoms with van der Waals surface area (Å²) in [7, 11) is 0. The van der Waals surface area contributed by atoms with E-state index in [9.17, 15) is 24.9 Å². The van der Waals surface area contributed by atoms with Crippen molar-refractivity contribution in [2.24, 2.45) is 20.5 Å². The molecular weight excluding hydrogens is 532 g/mol. The second-order valence-electron chi connectivity index (χ2n) is 7.56. The summed E-state index contributed by atoms with van der Waals surface area (Å²) >= 11 is 0. The van der Waals surface area contributed by atoms with Crippen LogP contribution in [0.4, 0.5) is 34.1 Å². The van der Waals surface area contributed by atoms with Gasteiger partial charge in [0.05, 0.1) is 28.7 Å². The first-order valence-corrected chi connectivity index (χ1v) is 10.8. The molecule has 0 fully saturated rings. The fraction of sp³-hybridized carbons (Fsp3) is 0. The van der Waals surface area contributed by atoms with Crippen LogP contribution < -0.4 is 21.7 Å². The summed E-state index contributed by atoms with van der Waals surface area (Å²) in [5.74, 6) is -3.69. The van der Waals surface area contributed by atoms with Gasteiger partial charge in [-0.2, -0.15) is 20.5 Å². The van der Waals surface area contributed by atoms with E-state index in [2.05, 4.69) is 20.5 Å². The topological polar surface area (TPSA) is 222 Å². The van der Waals surface area contributed by atoms with Crippen molar-refractivity contribution in [2.45, 2.75) is 0 Å². The van der Waals surface area contributed by atoms with Crippen LogP contribution in [0.3, 0.4) is 0 Å². The number of hydrogen-bond donors (Lipinski definition) is 4. The Morgan fingerprint density at radius 2 is 1.10 bits per heavy atom. The monoisotopic (exact) mass is 552 g/mol. The van der Waals surface area contributed by atoms with Crippen LogP contribution in [0.25, 0.3) is 0 Å². The summed E-state index contributed by atoms with van der Waals surface area (Å²) in [6, 6.07) is 21.1. The van der Waals surface area contributed by atoms with Crippen LogP contribution in [0, 0.1) is 0 Å². The fourth-order valence-electron chi connectivity index (χ4n) is 2.90.